The molecule has 2 heterocycles. The Balaban J connectivity index is 0.00000448. The minimum absolute atomic E-state index is 0. The van der Waals surface area contributed by atoms with Crippen molar-refractivity contribution in [1.82, 2.24) is 0 Å². The summed E-state index contributed by atoms with van der Waals surface area (Å²) in [5.74, 6) is 0.825. The first kappa shape index (κ1) is 36.3. The molecule has 0 fully saturated rings. The molecule has 5 nitrogen and oxygen atoms in total. The van der Waals surface area contributed by atoms with Gasteiger partial charge >= 0.3 is 208 Å². The Hall–Kier alpha value is -4.51. The van der Waals surface area contributed by atoms with Crippen molar-refractivity contribution < 1.29 is 30.5 Å². The summed E-state index contributed by atoms with van der Waals surface area (Å²) in [5, 5.41) is 4.30. The Morgan fingerprint density at radius 2 is 1.37 bits per heavy atom. The van der Waals surface area contributed by atoms with Crippen molar-refractivity contribution in [2.75, 3.05) is 18.0 Å². The number of nitrogens with zero attached hydrogens (tertiary/aromatic N) is 2. The molecular formula is C43H38BrN2O3PSe. The molecule has 2 aromatic heterocycles. The predicted molar refractivity (Wildman–Crippen MR) is 210 cm³/mol. The SMILES string of the molecule is CCN(CC)c1ccc2cc(/C=C/c3cc[n+](Cc4ccc(OP(=[Se])(c5ccccc5)c5ccccc5)cc4)c4ccccc34)c(=O)oc2c1.[Br-]. The molecule has 0 saturated heterocycles. The van der Waals surface area contributed by atoms with Crippen LogP contribution >= 0.6 is 5.74 Å². The van der Waals surface area contributed by atoms with Crippen molar-refractivity contribution in [1.29, 1.82) is 0 Å². The third kappa shape index (κ3) is 7.88. The van der Waals surface area contributed by atoms with Gasteiger partial charge in [-0.15, -0.1) is 0 Å². The summed E-state index contributed by atoms with van der Waals surface area (Å²) < 4.78 is 14.8. The summed E-state index contributed by atoms with van der Waals surface area (Å²) in [7, 11) is 0. The minimum Gasteiger partial charge on any atom is -1.00 e. The molecule has 256 valence electrons. The molecule has 0 spiro atoms. The first-order chi connectivity index (χ1) is 24.4. The molecule has 0 radical (unpaired) electrons. The number of rotatable bonds is 11. The predicted octanol–water partition coefficient (Wildman–Crippen LogP) is 5.35. The Morgan fingerprint density at radius 3 is 2.04 bits per heavy atom. The largest absolute Gasteiger partial charge is 1.00 e. The van der Waals surface area contributed by atoms with E-state index in [-0.39, 0.29) is 22.6 Å². The van der Waals surface area contributed by atoms with E-state index in [1.54, 1.807) is 0 Å². The van der Waals surface area contributed by atoms with E-state index < -0.39 is 5.74 Å². The molecule has 0 amide bonds. The summed E-state index contributed by atoms with van der Waals surface area (Å²) in [4.78, 5) is 15.2. The second kappa shape index (κ2) is 16.2. The van der Waals surface area contributed by atoms with Gasteiger partial charge in [-0.3, -0.25) is 0 Å². The van der Waals surface area contributed by atoms with E-state index in [0.29, 0.717) is 17.7 Å². The number of aromatic nitrogens is 1. The number of pyridine rings is 1. The summed E-state index contributed by atoms with van der Waals surface area (Å²) in [6.07, 6.45) is 5.96. The van der Waals surface area contributed by atoms with Gasteiger partial charge < -0.3 is 26.3 Å². The number of para-hydroxylation sites is 1. The third-order valence-electron chi connectivity index (χ3n) is 8.98. The van der Waals surface area contributed by atoms with Crippen molar-refractivity contribution in [2.24, 2.45) is 0 Å². The first-order valence-electron chi connectivity index (χ1n) is 16.9. The quantitative estimate of drug-likeness (QED) is 0.0766. The second-order valence-corrected chi connectivity index (χ2v) is 17.6. The molecule has 7 aromatic rings. The van der Waals surface area contributed by atoms with Gasteiger partial charge in [0.1, 0.15) is 5.58 Å². The van der Waals surface area contributed by atoms with Gasteiger partial charge in [-0.2, -0.15) is 0 Å². The van der Waals surface area contributed by atoms with Gasteiger partial charge in [0.05, 0.1) is 5.56 Å². The summed E-state index contributed by atoms with van der Waals surface area (Å²) in [6.45, 7) is 6.72. The average Bonchev–Trinajstić information content (AvgIpc) is 3.16. The van der Waals surface area contributed by atoms with E-state index in [0.717, 1.165) is 62.6 Å². The van der Waals surface area contributed by atoms with Crippen LogP contribution in [0.2, 0.25) is 0 Å². The fourth-order valence-corrected chi connectivity index (χ4v) is 10.4. The monoisotopic (exact) mass is 820 g/mol. The number of anilines is 1. The topological polar surface area (TPSA) is 46.6 Å². The summed E-state index contributed by atoms with van der Waals surface area (Å²) in [6, 6.07) is 47.6. The van der Waals surface area contributed by atoms with Crippen LogP contribution in [0.3, 0.4) is 0 Å². The van der Waals surface area contributed by atoms with Crippen molar-refractivity contribution in [2.45, 2.75) is 20.4 Å². The third-order valence-corrected chi connectivity index (χ3v) is 14.5. The molecule has 0 unspecified atom stereocenters. The van der Waals surface area contributed by atoms with E-state index in [9.17, 15) is 4.79 Å². The van der Waals surface area contributed by atoms with Crippen LogP contribution in [0.5, 0.6) is 5.75 Å². The number of hydrogen-bond donors (Lipinski definition) is 0. The van der Waals surface area contributed by atoms with Gasteiger partial charge in [0, 0.05) is 30.2 Å². The normalized spacial score (nSPS) is 11.5. The number of hydrogen-bond acceptors (Lipinski definition) is 4. The summed E-state index contributed by atoms with van der Waals surface area (Å²) >= 11 is 3.45. The van der Waals surface area contributed by atoms with Crippen LogP contribution in [0.15, 0.2) is 155 Å². The number of benzene rings is 5. The van der Waals surface area contributed by atoms with Gasteiger partial charge in [0.15, 0.2) is 0 Å². The maximum Gasteiger partial charge on any atom is 0.343 e. The fourth-order valence-electron chi connectivity index (χ4n) is 6.29. The molecule has 0 atom stereocenters. The van der Waals surface area contributed by atoms with Crippen LogP contribution < -0.4 is 47.2 Å². The Bertz CT molecular complexity index is 2370. The standard InChI is InChI=1S/C43H38N2O3PSe.BrH/c1-3-44(4-2)36-24-23-34-29-35(43(46)47-42(34)30-36)22-21-33-27-28-45(41-18-12-11-17-40(33)41)31-32-19-25-37(26-20-32)48-49(50,38-13-7-5-8-14-38)39-15-9-6-10-16-39;/h5-30H,3-4,31H2,1-2H3;1H/q+1;/p-1. The maximum atomic E-state index is 13.0. The average molecular weight is 821 g/mol. The van der Waals surface area contributed by atoms with Crippen LogP contribution in [0, 0.1) is 0 Å². The minimum atomic E-state index is -2.23. The summed E-state index contributed by atoms with van der Waals surface area (Å²) in [5.41, 5.74) is 2.89. The zero-order valence-electron chi connectivity index (χ0n) is 28.5. The van der Waals surface area contributed by atoms with Crippen LogP contribution in [0.25, 0.3) is 34.0 Å². The van der Waals surface area contributed by atoms with Crippen molar-refractivity contribution >= 4 is 71.2 Å². The Kier molecular flexibility index (Phi) is 11.5. The van der Waals surface area contributed by atoms with Gasteiger partial charge in [-0.1, -0.05) is 0 Å². The van der Waals surface area contributed by atoms with Crippen molar-refractivity contribution in [3.8, 4) is 5.75 Å². The molecule has 0 saturated carbocycles. The van der Waals surface area contributed by atoms with E-state index >= 15 is 0 Å². The second-order valence-electron chi connectivity index (χ2n) is 12.1. The molecule has 0 aliphatic carbocycles. The smallest absolute Gasteiger partial charge is 0.343 e. The van der Waals surface area contributed by atoms with Gasteiger partial charge in [0.2, 0.25) is 0 Å². The van der Waals surface area contributed by atoms with Gasteiger partial charge in [-0.05, 0) is 38.1 Å². The molecule has 0 aliphatic heterocycles. The zero-order valence-corrected chi connectivity index (χ0v) is 32.7. The molecular weight excluding hydrogens is 782 g/mol. The zero-order chi connectivity index (χ0) is 34.5. The van der Waals surface area contributed by atoms with Gasteiger partial charge in [-0.25, -0.2) is 4.79 Å². The molecule has 0 aliphatic rings. The van der Waals surface area contributed by atoms with Gasteiger partial charge in [0.25, 0.3) is 0 Å². The molecule has 7 rings (SSSR count). The first-order valence-corrected chi connectivity index (χ1v) is 20.8. The van der Waals surface area contributed by atoms with E-state index in [1.807, 2.05) is 48.6 Å². The molecule has 5 aromatic carbocycles. The van der Waals surface area contributed by atoms with E-state index in [1.165, 1.54) is 0 Å². The molecule has 0 N–H and O–H groups in total. The van der Waals surface area contributed by atoms with Crippen LogP contribution in [-0.4, -0.2) is 28.2 Å². The van der Waals surface area contributed by atoms with E-state index in [2.05, 4.69) is 148 Å². The number of fused-ring (bicyclic) bond motifs is 2. The van der Waals surface area contributed by atoms with Crippen LogP contribution in [0.4, 0.5) is 5.69 Å². The van der Waals surface area contributed by atoms with Crippen LogP contribution in [0.1, 0.15) is 30.5 Å². The maximum absolute atomic E-state index is 13.0. The van der Waals surface area contributed by atoms with E-state index in [4.69, 9.17) is 8.94 Å². The molecule has 0 bridgehead atoms. The Labute approximate surface area is 316 Å². The fraction of sp³-hybridized carbons (Fsp3) is 0.116. The molecule has 51 heavy (non-hydrogen) atoms. The number of halogens is 1. The van der Waals surface area contributed by atoms with Crippen molar-refractivity contribution in [3.05, 3.63) is 173 Å². The Morgan fingerprint density at radius 1 is 0.745 bits per heavy atom. The molecule has 8 heteroatoms. The van der Waals surface area contributed by atoms with Crippen LogP contribution in [-0.2, 0) is 6.54 Å². The van der Waals surface area contributed by atoms with Crippen molar-refractivity contribution in [3.63, 3.8) is 0 Å².